The first kappa shape index (κ1) is 41.4. The minimum absolute atomic E-state index is 0.200. The molecule has 0 N–H and O–H groups in total. The van der Waals surface area contributed by atoms with Crippen molar-refractivity contribution in [1.82, 2.24) is 0 Å². The summed E-state index contributed by atoms with van der Waals surface area (Å²) < 4.78 is 42.1. The maximum atomic E-state index is 12.0. The average molecular weight is 681 g/mol. The minimum Gasteiger partial charge on any atom is -0.466 e. The van der Waals surface area contributed by atoms with Crippen LogP contribution in [0.25, 0.3) is 0 Å². The highest BCUT2D eigenvalue weighted by Crippen LogP contribution is 2.34. The summed E-state index contributed by atoms with van der Waals surface area (Å²) in [5, 5.41) is 0. The number of ether oxygens (including phenoxy) is 4. The van der Waals surface area contributed by atoms with Gasteiger partial charge < -0.3 is 31.3 Å². The molecule has 0 aromatic carbocycles. The van der Waals surface area contributed by atoms with Gasteiger partial charge in [-0.1, -0.05) is 6.08 Å². The summed E-state index contributed by atoms with van der Waals surface area (Å²) in [7, 11) is -10.6. The first-order valence-electron chi connectivity index (χ1n) is 15.1. The van der Waals surface area contributed by atoms with E-state index in [1.807, 2.05) is 0 Å². The monoisotopic (exact) mass is 680 g/mol. The lowest BCUT2D eigenvalue weighted by Crippen LogP contribution is -2.62. The molecule has 0 saturated carbocycles. The van der Waals surface area contributed by atoms with Crippen LogP contribution in [0.15, 0.2) is 12.2 Å². The second-order valence-corrected chi connectivity index (χ2v) is 28.7. The molecule has 0 spiro atoms. The predicted molar refractivity (Wildman–Crippen MR) is 175 cm³/mol. The van der Waals surface area contributed by atoms with E-state index >= 15 is 0 Å². The first-order valence-corrected chi connectivity index (χ1v) is 26.4. The fourth-order valence-corrected chi connectivity index (χ4v) is 22.2. The normalized spacial score (nSPS) is 12.7. The summed E-state index contributed by atoms with van der Waals surface area (Å²) in [6.45, 7) is 19.8. The lowest BCUT2D eigenvalue weighted by atomic mass is 10.5. The first-order chi connectivity index (χ1) is 19.8. The van der Waals surface area contributed by atoms with Crippen molar-refractivity contribution in [3.8, 4) is 0 Å². The molecule has 0 unspecified atom stereocenters. The molecule has 0 atom stereocenters. The van der Waals surface area contributed by atoms with Crippen LogP contribution in [0.2, 0.25) is 63.5 Å². The molecule has 0 heterocycles. The van der Waals surface area contributed by atoms with Crippen molar-refractivity contribution in [2.45, 2.75) is 117 Å². The van der Waals surface area contributed by atoms with Crippen molar-refractivity contribution in [1.29, 1.82) is 0 Å². The highest BCUT2D eigenvalue weighted by atomic mass is 28.5. The van der Waals surface area contributed by atoms with Crippen LogP contribution in [-0.2, 0) is 50.5 Å². The Morgan fingerprint density at radius 3 is 1.12 bits per heavy atom. The van der Waals surface area contributed by atoms with Crippen LogP contribution >= 0.6 is 0 Å². The molecule has 15 heteroatoms. The van der Waals surface area contributed by atoms with Gasteiger partial charge in [0.05, 0.1) is 26.4 Å². The number of hydrogen-bond donors (Lipinski definition) is 0. The van der Waals surface area contributed by atoms with Crippen LogP contribution in [-0.4, -0.2) is 84.1 Å². The zero-order valence-electron chi connectivity index (χ0n) is 28.1. The smallest absolute Gasteiger partial charge is 0.466 e. The van der Waals surface area contributed by atoms with Gasteiger partial charge in [-0.3, -0.25) is 14.4 Å². The molecule has 0 aliphatic rings. The summed E-state index contributed by atoms with van der Waals surface area (Å²) in [6.07, 6.45) is 5.51. The van der Waals surface area contributed by atoms with Crippen LogP contribution in [0.1, 0.15) is 53.4 Å². The quantitative estimate of drug-likeness (QED) is 0.0416. The van der Waals surface area contributed by atoms with E-state index in [2.05, 4.69) is 39.3 Å². The molecule has 0 aliphatic heterocycles. The third-order valence-electron chi connectivity index (χ3n) is 6.16. The van der Waals surface area contributed by atoms with Gasteiger partial charge in [-0.25, -0.2) is 4.79 Å². The topological polar surface area (TPSA) is 133 Å². The second kappa shape index (κ2) is 20.4. The Morgan fingerprint density at radius 2 is 0.814 bits per heavy atom. The maximum absolute atomic E-state index is 12.0. The fourth-order valence-electron chi connectivity index (χ4n) is 4.42. The summed E-state index contributed by atoms with van der Waals surface area (Å²) in [4.78, 5) is 45.8. The number of carbonyl (C=O) groups excluding carboxylic acids is 4. The number of allylic oxidation sites excluding steroid dienone is 1. The van der Waals surface area contributed by atoms with Crippen LogP contribution in [0.5, 0.6) is 0 Å². The highest BCUT2D eigenvalue weighted by molar-refractivity contribution is 6.90. The highest BCUT2D eigenvalue weighted by Gasteiger charge is 2.52. The maximum Gasteiger partial charge on any atom is 0.469 e. The van der Waals surface area contributed by atoms with Gasteiger partial charge in [-0.2, -0.15) is 0 Å². The molecule has 0 aromatic rings. The van der Waals surface area contributed by atoms with Gasteiger partial charge in [-0.15, -0.1) is 0 Å². The van der Waals surface area contributed by atoms with Crippen molar-refractivity contribution in [3.63, 3.8) is 0 Å². The van der Waals surface area contributed by atoms with Crippen LogP contribution < -0.4 is 0 Å². The van der Waals surface area contributed by atoms with E-state index in [0.717, 1.165) is 18.1 Å². The summed E-state index contributed by atoms with van der Waals surface area (Å²) in [6, 6.07) is 2.68. The van der Waals surface area contributed by atoms with Crippen molar-refractivity contribution >= 4 is 57.6 Å². The van der Waals surface area contributed by atoms with Crippen LogP contribution in [0, 0.1) is 0 Å². The molecule has 0 saturated heterocycles. The lowest BCUT2D eigenvalue weighted by Gasteiger charge is -2.45. The Labute approximate surface area is 263 Å². The molecule has 11 nitrogen and oxygen atoms in total. The zero-order valence-corrected chi connectivity index (χ0v) is 32.1. The third-order valence-corrected chi connectivity index (χ3v) is 22.2. The Bertz CT molecular complexity index is 819. The van der Waals surface area contributed by atoms with E-state index in [0.29, 0.717) is 51.5 Å². The van der Waals surface area contributed by atoms with Gasteiger partial charge in [-0.05, 0) is 90.0 Å². The zero-order chi connectivity index (χ0) is 33.2. The van der Waals surface area contributed by atoms with Crippen molar-refractivity contribution in [3.05, 3.63) is 12.2 Å². The number of carbonyl (C=O) groups is 4. The predicted octanol–water partition coefficient (Wildman–Crippen LogP) is 5.96. The van der Waals surface area contributed by atoms with Gasteiger partial charge in [0.1, 0.15) is 0 Å². The summed E-state index contributed by atoms with van der Waals surface area (Å²) in [5.41, 5.74) is 0. The molecule has 0 aliphatic carbocycles. The number of esters is 4. The molecule has 0 radical (unpaired) electrons. The van der Waals surface area contributed by atoms with E-state index in [1.54, 1.807) is 13.0 Å². The van der Waals surface area contributed by atoms with Gasteiger partial charge in [0.2, 0.25) is 0 Å². The largest absolute Gasteiger partial charge is 0.469 e. The van der Waals surface area contributed by atoms with Gasteiger partial charge in [0.15, 0.2) is 25.0 Å². The van der Waals surface area contributed by atoms with Crippen molar-refractivity contribution in [2.75, 3.05) is 26.4 Å². The molecule has 0 rings (SSSR count). The Hall–Kier alpha value is -1.63. The van der Waals surface area contributed by atoms with E-state index < -0.39 is 39.7 Å². The fraction of sp³-hybridized carbons (Fsp3) is 0.786. The molecular formula is C28H56O11Si4. The Kier molecular flexibility index (Phi) is 19.6. The van der Waals surface area contributed by atoms with E-state index in [9.17, 15) is 19.2 Å². The van der Waals surface area contributed by atoms with E-state index in [4.69, 9.17) is 31.3 Å². The summed E-state index contributed by atoms with van der Waals surface area (Å²) in [5.74, 6) is -1.35. The molecular weight excluding hydrogens is 625 g/mol. The van der Waals surface area contributed by atoms with Gasteiger partial charge in [0.25, 0.3) is 0 Å². The van der Waals surface area contributed by atoms with Gasteiger partial charge >= 0.3 is 32.7 Å². The lowest BCUT2D eigenvalue weighted by molar-refractivity contribution is -0.141. The SMILES string of the molecule is CC=CC(=O)OCCC[Si](O[Si](C)(C)CCCOC(C)=O)(O[Si](C)(C)CCCOC(C)=O)O[Si](C)(C)CCCOC(C)=O. The van der Waals surface area contributed by atoms with Crippen molar-refractivity contribution in [2.24, 2.45) is 0 Å². The molecule has 0 aromatic heterocycles. The van der Waals surface area contributed by atoms with E-state index in [-0.39, 0.29) is 24.5 Å². The van der Waals surface area contributed by atoms with E-state index in [1.165, 1.54) is 26.8 Å². The Morgan fingerprint density at radius 1 is 0.512 bits per heavy atom. The molecule has 0 amide bonds. The van der Waals surface area contributed by atoms with Crippen molar-refractivity contribution < 1.29 is 50.5 Å². The molecule has 0 bridgehead atoms. The minimum atomic E-state index is -3.39. The summed E-state index contributed by atoms with van der Waals surface area (Å²) >= 11 is 0. The second-order valence-electron chi connectivity index (χ2n) is 12.4. The molecule has 43 heavy (non-hydrogen) atoms. The van der Waals surface area contributed by atoms with Crippen LogP contribution in [0.3, 0.4) is 0 Å². The number of rotatable bonds is 23. The van der Waals surface area contributed by atoms with Gasteiger partial charge in [0, 0.05) is 32.9 Å². The van der Waals surface area contributed by atoms with Crippen LogP contribution in [0.4, 0.5) is 0 Å². The third kappa shape index (κ3) is 22.5. The molecule has 0 fully saturated rings. The number of hydrogen-bond acceptors (Lipinski definition) is 11. The standard InChI is InChI=1S/C28H56O11Si4/c1-11-16-28(32)36-20-15-24-43(37-40(5,6)21-12-17-33-25(2)29,38-41(7,8)22-13-18-34-26(3)30)39-42(9,10)23-14-19-35-27(4)31/h11,16H,12-15,17-24H2,1-10H3. The average Bonchev–Trinajstić information content (AvgIpc) is 2.84. The Balaban J connectivity index is 6.17. The molecule has 250 valence electrons.